The molecule has 0 aliphatic rings. The van der Waals surface area contributed by atoms with Gasteiger partial charge >= 0.3 is 5.97 Å². The Morgan fingerprint density at radius 1 is 1.53 bits per heavy atom. The zero-order chi connectivity index (χ0) is 11.7. The molecule has 0 atom stereocenters. The van der Waals surface area contributed by atoms with E-state index in [-0.39, 0.29) is 6.61 Å². The maximum absolute atomic E-state index is 9.25. The zero-order valence-corrected chi connectivity index (χ0v) is 8.41. The second-order valence-corrected chi connectivity index (χ2v) is 2.55. The molecule has 0 saturated carbocycles. The molecule has 1 aromatic rings. The molecule has 0 amide bonds. The summed E-state index contributed by atoms with van der Waals surface area (Å²) in [6.45, 7) is 7.36. The van der Waals surface area contributed by atoms with Gasteiger partial charge in [-0.2, -0.15) is 0 Å². The molecule has 2 N–H and O–H groups in total. The predicted octanol–water partition coefficient (Wildman–Crippen LogP) is 0.125. The summed E-state index contributed by atoms with van der Waals surface area (Å²) >= 11 is 0. The van der Waals surface area contributed by atoms with Gasteiger partial charge < -0.3 is 10.2 Å². The lowest BCUT2D eigenvalue weighted by Crippen LogP contribution is -2.21. The molecule has 0 fully saturated rings. The van der Waals surface area contributed by atoms with Crippen molar-refractivity contribution in [2.75, 3.05) is 6.61 Å². The fraction of sp³-hybridized carbons (Fsp3) is 0.200. The topological polar surface area (TPSA) is 66.3 Å². The van der Waals surface area contributed by atoms with Gasteiger partial charge in [-0.05, 0) is 0 Å². The van der Waals surface area contributed by atoms with Crippen molar-refractivity contribution in [1.29, 1.82) is 0 Å². The van der Waals surface area contributed by atoms with Crippen LogP contribution in [0.3, 0.4) is 0 Å². The minimum atomic E-state index is -0.981. The van der Waals surface area contributed by atoms with Crippen molar-refractivity contribution >= 4 is 12.2 Å². The maximum atomic E-state index is 9.25. The monoisotopic (exact) mass is 211 g/mol. The molecule has 1 aromatic heterocycles. The third kappa shape index (κ3) is 6.23. The predicted molar refractivity (Wildman–Crippen MR) is 55.9 cm³/mol. The lowest BCUT2D eigenvalue weighted by Gasteiger charge is -1.86. The summed E-state index contributed by atoms with van der Waals surface area (Å²) in [7, 11) is 0. The number of aromatic nitrogens is 2. The van der Waals surface area contributed by atoms with Crippen molar-refractivity contribution in [2.24, 2.45) is 0 Å². The summed E-state index contributed by atoms with van der Waals surface area (Å²) in [6.07, 6.45) is 8.16. The third-order valence-electron chi connectivity index (χ3n) is 1.46. The SMILES string of the molecule is C=CC(=O)O.C=C[n+]1ccn(CCO)c1. The van der Waals surface area contributed by atoms with Crippen LogP contribution in [0.15, 0.2) is 38.0 Å². The van der Waals surface area contributed by atoms with Gasteiger partial charge in [0.05, 0.1) is 12.8 Å². The van der Waals surface area contributed by atoms with Crippen molar-refractivity contribution in [3.05, 3.63) is 38.0 Å². The standard InChI is InChI=1S/C7H11N2O.C3H4O2/c1-2-8-3-4-9(7-8)5-6-10;1-2-3(4)5/h2-4,7,10H,1,5-6H2;2H,1H2,(H,4,5)/q+1;. The highest BCUT2D eigenvalue weighted by atomic mass is 16.4. The van der Waals surface area contributed by atoms with Crippen LogP contribution in [0.4, 0.5) is 0 Å². The van der Waals surface area contributed by atoms with Crippen LogP contribution in [0.1, 0.15) is 0 Å². The van der Waals surface area contributed by atoms with E-state index >= 15 is 0 Å². The number of aliphatic hydroxyl groups is 1. The Morgan fingerprint density at radius 3 is 2.47 bits per heavy atom. The Hall–Kier alpha value is -1.88. The average molecular weight is 211 g/mol. The number of rotatable bonds is 4. The smallest absolute Gasteiger partial charge is 0.327 e. The van der Waals surface area contributed by atoms with Crippen LogP contribution in [-0.4, -0.2) is 27.4 Å². The highest BCUT2D eigenvalue weighted by Gasteiger charge is 1.97. The molecule has 5 nitrogen and oxygen atoms in total. The lowest BCUT2D eigenvalue weighted by molar-refractivity contribution is -0.567. The number of carbonyl (C=O) groups is 1. The molecule has 0 saturated heterocycles. The van der Waals surface area contributed by atoms with E-state index in [1.54, 1.807) is 6.20 Å². The first-order valence-electron chi connectivity index (χ1n) is 4.29. The molecule has 0 radical (unpaired) electrons. The number of nitrogens with zero attached hydrogens (tertiary/aromatic N) is 2. The maximum Gasteiger partial charge on any atom is 0.327 e. The Kier molecular flexibility index (Phi) is 6.57. The van der Waals surface area contributed by atoms with E-state index < -0.39 is 5.97 Å². The molecular weight excluding hydrogens is 196 g/mol. The van der Waals surface area contributed by atoms with Gasteiger partial charge in [-0.15, -0.1) is 0 Å². The summed E-state index contributed by atoms with van der Waals surface area (Å²) in [4.78, 5) is 9.25. The molecular formula is C10H15N2O3+. The molecule has 0 aliphatic carbocycles. The van der Waals surface area contributed by atoms with Crippen molar-refractivity contribution in [1.82, 2.24) is 4.57 Å². The summed E-state index contributed by atoms with van der Waals surface area (Å²) in [6, 6.07) is 0. The van der Waals surface area contributed by atoms with Gasteiger partial charge in [0.2, 0.25) is 6.33 Å². The Balaban J connectivity index is 0.000000336. The van der Waals surface area contributed by atoms with E-state index in [2.05, 4.69) is 13.2 Å². The fourth-order valence-electron chi connectivity index (χ4n) is 0.767. The van der Waals surface area contributed by atoms with Crippen LogP contribution in [0, 0.1) is 0 Å². The first-order chi connectivity index (χ1) is 7.13. The largest absolute Gasteiger partial charge is 0.478 e. The first-order valence-corrected chi connectivity index (χ1v) is 4.29. The Bertz CT molecular complexity index is 331. The minimum absolute atomic E-state index is 0.172. The van der Waals surface area contributed by atoms with E-state index in [1.165, 1.54) is 0 Å². The van der Waals surface area contributed by atoms with Gasteiger partial charge in [0.1, 0.15) is 18.9 Å². The molecule has 82 valence electrons. The zero-order valence-electron chi connectivity index (χ0n) is 8.41. The molecule has 1 heterocycles. The average Bonchev–Trinajstić information content (AvgIpc) is 2.67. The van der Waals surface area contributed by atoms with Crippen molar-refractivity contribution in [2.45, 2.75) is 6.54 Å². The number of imidazole rings is 1. The second kappa shape index (κ2) is 7.52. The van der Waals surface area contributed by atoms with Gasteiger partial charge in [-0.1, -0.05) is 13.2 Å². The van der Waals surface area contributed by atoms with E-state index in [0.717, 1.165) is 6.08 Å². The first kappa shape index (κ1) is 13.1. The molecule has 0 aliphatic heterocycles. The molecule has 0 bridgehead atoms. The van der Waals surface area contributed by atoms with Crippen LogP contribution in [0.5, 0.6) is 0 Å². The molecule has 0 spiro atoms. The van der Waals surface area contributed by atoms with Crippen molar-refractivity contribution in [3.8, 4) is 0 Å². The highest BCUT2D eigenvalue weighted by Crippen LogP contribution is 1.82. The number of carboxylic acids is 1. The number of hydrogen-bond acceptors (Lipinski definition) is 2. The molecule has 0 aromatic carbocycles. The minimum Gasteiger partial charge on any atom is -0.478 e. The number of carboxylic acid groups (broad SMARTS) is 1. The lowest BCUT2D eigenvalue weighted by atomic mass is 10.7. The van der Waals surface area contributed by atoms with E-state index in [4.69, 9.17) is 10.2 Å². The summed E-state index contributed by atoms with van der Waals surface area (Å²) < 4.78 is 3.72. The summed E-state index contributed by atoms with van der Waals surface area (Å²) in [5.74, 6) is -0.981. The van der Waals surface area contributed by atoms with Crippen LogP contribution >= 0.6 is 0 Å². The van der Waals surface area contributed by atoms with E-state index in [1.807, 2.05) is 27.9 Å². The summed E-state index contributed by atoms with van der Waals surface area (Å²) in [5.41, 5.74) is 0. The van der Waals surface area contributed by atoms with Crippen molar-refractivity contribution < 1.29 is 19.6 Å². The second-order valence-electron chi connectivity index (χ2n) is 2.55. The van der Waals surface area contributed by atoms with Gasteiger partial charge in [0, 0.05) is 6.08 Å². The Morgan fingerprint density at radius 2 is 2.13 bits per heavy atom. The molecule has 5 heteroatoms. The highest BCUT2D eigenvalue weighted by molar-refractivity contribution is 5.78. The van der Waals surface area contributed by atoms with E-state index in [0.29, 0.717) is 6.54 Å². The van der Waals surface area contributed by atoms with E-state index in [9.17, 15) is 4.79 Å². The van der Waals surface area contributed by atoms with Crippen molar-refractivity contribution in [3.63, 3.8) is 0 Å². The number of hydrogen-bond donors (Lipinski definition) is 2. The van der Waals surface area contributed by atoms with Crippen LogP contribution in [0.2, 0.25) is 0 Å². The molecule has 1 rings (SSSR count). The van der Waals surface area contributed by atoms with Crippen LogP contribution in [-0.2, 0) is 11.3 Å². The quantitative estimate of drug-likeness (QED) is 0.549. The third-order valence-corrected chi connectivity index (χ3v) is 1.46. The van der Waals surface area contributed by atoms with Gasteiger partial charge in [-0.3, -0.25) is 0 Å². The molecule has 0 unspecified atom stereocenters. The van der Waals surface area contributed by atoms with Crippen LogP contribution in [0.25, 0.3) is 6.20 Å². The fourth-order valence-corrected chi connectivity index (χ4v) is 0.767. The van der Waals surface area contributed by atoms with Gasteiger partial charge in [0.15, 0.2) is 0 Å². The summed E-state index contributed by atoms with van der Waals surface area (Å²) in [5, 5.41) is 16.1. The Labute approximate surface area is 88.2 Å². The number of aliphatic carboxylic acids is 1. The molecule has 15 heavy (non-hydrogen) atoms. The number of aliphatic hydroxyl groups excluding tert-OH is 1. The van der Waals surface area contributed by atoms with Gasteiger partial charge in [0.25, 0.3) is 0 Å². The van der Waals surface area contributed by atoms with Crippen LogP contribution < -0.4 is 4.57 Å². The van der Waals surface area contributed by atoms with Gasteiger partial charge in [-0.25, -0.2) is 13.9 Å². The normalized spacial score (nSPS) is 8.60.